The van der Waals surface area contributed by atoms with E-state index in [1.165, 1.54) is 0 Å². The van der Waals surface area contributed by atoms with Crippen molar-refractivity contribution >= 4 is 5.91 Å². The van der Waals surface area contributed by atoms with Crippen LogP contribution in [0.15, 0.2) is 6.20 Å². The van der Waals surface area contributed by atoms with Gasteiger partial charge in [-0.1, -0.05) is 27.7 Å². The maximum absolute atomic E-state index is 12.6. The minimum Gasteiger partial charge on any atom is -0.342 e. The topological polar surface area (TPSA) is 72.1 Å². The van der Waals surface area contributed by atoms with Crippen LogP contribution in [-0.2, 0) is 0 Å². The molecule has 0 spiro atoms. The summed E-state index contributed by atoms with van der Waals surface area (Å²) >= 11 is 0. The molecule has 0 aromatic carbocycles. The first kappa shape index (κ1) is 17.6. The molecule has 21 heavy (non-hydrogen) atoms. The SMILES string of the molecule is Cc1ncc(C(=O)N(C)CCC(N)C(C)C)c(C(C)C)n1. The average Bonchev–Trinajstić information content (AvgIpc) is 2.43. The molecule has 0 saturated carbocycles. The van der Waals surface area contributed by atoms with Gasteiger partial charge in [-0.2, -0.15) is 0 Å². The first-order valence-corrected chi connectivity index (χ1v) is 7.58. The Labute approximate surface area is 128 Å². The molecule has 0 aliphatic heterocycles. The Bertz CT molecular complexity index is 485. The van der Waals surface area contributed by atoms with Gasteiger partial charge in [-0.05, 0) is 25.2 Å². The molecule has 5 heteroatoms. The van der Waals surface area contributed by atoms with Gasteiger partial charge in [0.15, 0.2) is 0 Å². The van der Waals surface area contributed by atoms with E-state index in [1.54, 1.807) is 18.1 Å². The molecule has 1 aromatic heterocycles. The van der Waals surface area contributed by atoms with E-state index in [1.807, 2.05) is 20.8 Å². The maximum atomic E-state index is 12.6. The van der Waals surface area contributed by atoms with Crippen molar-refractivity contribution < 1.29 is 4.79 Å². The summed E-state index contributed by atoms with van der Waals surface area (Å²) in [7, 11) is 1.80. The average molecular weight is 292 g/mol. The number of nitrogens with zero attached hydrogens (tertiary/aromatic N) is 3. The van der Waals surface area contributed by atoms with Crippen LogP contribution < -0.4 is 5.73 Å². The van der Waals surface area contributed by atoms with Gasteiger partial charge in [-0.3, -0.25) is 4.79 Å². The second-order valence-corrected chi connectivity index (χ2v) is 6.29. The van der Waals surface area contributed by atoms with E-state index >= 15 is 0 Å². The van der Waals surface area contributed by atoms with Crippen LogP contribution in [-0.4, -0.2) is 40.4 Å². The highest BCUT2D eigenvalue weighted by molar-refractivity contribution is 5.95. The number of rotatable bonds is 6. The third-order valence-electron chi connectivity index (χ3n) is 3.72. The van der Waals surface area contributed by atoms with Gasteiger partial charge in [0.25, 0.3) is 5.91 Å². The molecule has 0 bridgehead atoms. The molecule has 0 aliphatic carbocycles. The maximum Gasteiger partial charge on any atom is 0.257 e. The molecule has 1 atom stereocenters. The number of amides is 1. The molecule has 0 saturated heterocycles. The second-order valence-electron chi connectivity index (χ2n) is 6.29. The van der Waals surface area contributed by atoms with Crippen LogP contribution in [0.25, 0.3) is 0 Å². The Kier molecular flexibility index (Phi) is 6.27. The van der Waals surface area contributed by atoms with Gasteiger partial charge in [0, 0.05) is 25.8 Å². The van der Waals surface area contributed by atoms with E-state index in [4.69, 9.17) is 5.73 Å². The summed E-state index contributed by atoms with van der Waals surface area (Å²) in [5.74, 6) is 1.27. The lowest BCUT2D eigenvalue weighted by Gasteiger charge is -2.22. The van der Waals surface area contributed by atoms with E-state index in [2.05, 4.69) is 23.8 Å². The molecule has 0 aliphatic rings. The quantitative estimate of drug-likeness (QED) is 0.873. The first-order valence-electron chi connectivity index (χ1n) is 7.58. The van der Waals surface area contributed by atoms with E-state index in [0.29, 0.717) is 23.9 Å². The lowest BCUT2D eigenvalue weighted by Crippen LogP contribution is -2.35. The van der Waals surface area contributed by atoms with Crippen LogP contribution in [0, 0.1) is 12.8 Å². The smallest absolute Gasteiger partial charge is 0.257 e. The monoisotopic (exact) mass is 292 g/mol. The summed E-state index contributed by atoms with van der Waals surface area (Å²) < 4.78 is 0. The lowest BCUT2D eigenvalue weighted by molar-refractivity contribution is 0.0786. The zero-order valence-electron chi connectivity index (χ0n) is 14.1. The standard InChI is InChI=1S/C16H28N4O/c1-10(2)14(17)7-8-20(6)16(21)13-9-18-12(5)19-15(13)11(3)4/h9-11,14H,7-8,17H2,1-6H3. The summed E-state index contributed by atoms with van der Waals surface area (Å²) in [6, 6.07) is 0.110. The molecule has 118 valence electrons. The molecule has 0 radical (unpaired) electrons. The number of nitrogens with two attached hydrogens (primary N) is 1. The zero-order valence-corrected chi connectivity index (χ0v) is 14.1. The van der Waals surface area contributed by atoms with Gasteiger partial charge < -0.3 is 10.6 Å². The molecule has 2 N–H and O–H groups in total. The molecule has 1 amide bonds. The molecule has 0 fully saturated rings. The van der Waals surface area contributed by atoms with E-state index in [9.17, 15) is 4.79 Å². The molecule has 5 nitrogen and oxygen atoms in total. The number of aromatic nitrogens is 2. The van der Waals surface area contributed by atoms with Gasteiger partial charge in [0.05, 0.1) is 11.3 Å². The Morgan fingerprint density at radius 3 is 2.48 bits per heavy atom. The zero-order chi connectivity index (χ0) is 16.2. The van der Waals surface area contributed by atoms with Crippen molar-refractivity contribution in [3.63, 3.8) is 0 Å². The Morgan fingerprint density at radius 2 is 1.95 bits per heavy atom. The van der Waals surface area contributed by atoms with Crippen LogP contribution in [0.3, 0.4) is 0 Å². The Morgan fingerprint density at radius 1 is 1.33 bits per heavy atom. The highest BCUT2D eigenvalue weighted by Crippen LogP contribution is 2.18. The second kappa shape index (κ2) is 7.50. The van der Waals surface area contributed by atoms with Crippen LogP contribution >= 0.6 is 0 Å². The van der Waals surface area contributed by atoms with Crippen LogP contribution in [0.1, 0.15) is 61.9 Å². The number of carbonyl (C=O) groups excluding carboxylic acids is 1. The fraction of sp³-hybridized carbons (Fsp3) is 0.688. The summed E-state index contributed by atoms with van der Waals surface area (Å²) in [6.45, 7) is 10.7. The number of aryl methyl sites for hydroxylation is 1. The number of hydrogen-bond acceptors (Lipinski definition) is 4. The minimum atomic E-state index is -0.0327. The summed E-state index contributed by atoms with van der Waals surface area (Å²) in [6.07, 6.45) is 2.43. The van der Waals surface area contributed by atoms with Crippen molar-refractivity contribution in [2.45, 2.75) is 53.0 Å². The Balaban J connectivity index is 2.83. The highest BCUT2D eigenvalue weighted by Gasteiger charge is 2.20. The van der Waals surface area contributed by atoms with Crippen molar-refractivity contribution in [2.24, 2.45) is 11.7 Å². The number of carbonyl (C=O) groups is 1. The van der Waals surface area contributed by atoms with Gasteiger partial charge >= 0.3 is 0 Å². The first-order chi connectivity index (χ1) is 9.73. The van der Waals surface area contributed by atoms with Crippen molar-refractivity contribution in [3.8, 4) is 0 Å². The van der Waals surface area contributed by atoms with Gasteiger partial charge in [0.2, 0.25) is 0 Å². The van der Waals surface area contributed by atoms with Crippen molar-refractivity contribution in [2.75, 3.05) is 13.6 Å². The summed E-state index contributed by atoms with van der Waals surface area (Å²) in [5, 5.41) is 0. The largest absolute Gasteiger partial charge is 0.342 e. The predicted octanol–water partition coefficient (Wildman–Crippen LogP) is 2.35. The number of hydrogen-bond donors (Lipinski definition) is 1. The normalized spacial score (nSPS) is 12.8. The molecular formula is C16H28N4O. The molecule has 1 heterocycles. The van der Waals surface area contributed by atoms with Crippen LogP contribution in [0.5, 0.6) is 0 Å². The highest BCUT2D eigenvalue weighted by atomic mass is 16.2. The predicted molar refractivity (Wildman–Crippen MR) is 85.2 cm³/mol. The summed E-state index contributed by atoms with van der Waals surface area (Å²) in [4.78, 5) is 22.9. The minimum absolute atomic E-state index is 0.0327. The third-order valence-corrected chi connectivity index (χ3v) is 3.72. The van der Waals surface area contributed by atoms with E-state index in [-0.39, 0.29) is 17.9 Å². The molecule has 1 aromatic rings. The molecule has 1 unspecified atom stereocenters. The van der Waals surface area contributed by atoms with Crippen LogP contribution in [0.4, 0.5) is 0 Å². The fourth-order valence-electron chi connectivity index (χ4n) is 2.08. The van der Waals surface area contributed by atoms with Crippen molar-refractivity contribution in [1.29, 1.82) is 0 Å². The molecular weight excluding hydrogens is 264 g/mol. The van der Waals surface area contributed by atoms with E-state index in [0.717, 1.165) is 12.1 Å². The Hall–Kier alpha value is -1.49. The fourth-order valence-corrected chi connectivity index (χ4v) is 2.08. The van der Waals surface area contributed by atoms with Crippen molar-refractivity contribution in [1.82, 2.24) is 14.9 Å². The molecule has 1 rings (SSSR count). The lowest BCUT2D eigenvalue weighted by atomic mass is 10.0. The van der Waals surface area contributed by atoms with Gasteiger partial charge in [-0.15, -0.1) is 0 Å². The van der Waals surface area contributed by atoms with Gasteiger partial charge in [0.1, 0.15) is 5.82 Å². The summed E-state index contributed by atoms with van der Waals surface area (Å²) in [5.41, 5.74) is 7.45. The van der Waals surface area contributed by atoms with Gasteiger partial charge in [-0.25, -0.2) is 9.97 Å². The third kappa shape index (κ3) is 4.77. The van der Waals surface area contributed by atoms with E-state index < -0.39 is 0 Å². The van der Waals surface area contributed by atoms with Crippen LogP contribution in [0.2, 0.25) is 0 Å². The van der Waals surface area contributed by atoms with Crippen molar-refractivity contribution in [3.05, 3.63) is 23.3 Å².